The van der Waals surface area contributed by atoms with Gasteiger partial charge in [0.2, 0.25) is 0 Å². The molecular weight excluding hydrogens is 272 g/mol. The summed E-state index contributed by atoms with van der Waals surface area (Å²) in [7, 11) is 0. The highest BCUT2D eigenvalue weighted by Gasteiger charge is 2.23. The zero-order valence-electron chi connectivity index (χ0n) is 12.7. The number of hydrogen-bond acceptors (Lipinski definition) is 4. The topological polar surface area (TPSA) is 89.2 Å². The molecule has 0 aromatic heterocycles. The van der Waals surface area contributed by atoms with Gasteiger partial charge in [0, 0.05) is 25.7 Å². The molecule has 0 unspecified atom stereocenters. The summed E-state index contributed by atoms with van der Waals surface area (Å²) in [5.74, 6) is 0.472. The lowest BCUT2D eigenvalue weighted by Crippen LogP contribution is -2.48. The first-order valence-electron chi connectivity index (χ1n) is 7.78. The van der Waals surface area contributed by atoms with Crippen molar-refractivity contribution in [3.63, 3.8) is 0 Å². The summed E-state index contributed by atoms with van der Waals surface area (Å²) >= 11 is 0. The fourth-order valence-corrected chi connectivity index (χ4v) is 2.66. The van der Waals surface area contributed by atoms with Crippen molar-refractivity contribution in [3.8, 4) is 0 Å². The Morgan fingerprint density at radius 1 is 1.43 bits per heavy atom. The molecule has 2 heterocycles. The molecule has 0 radical (unpaired) electrons. The Bertz CT molecular complexity index is 361. The van der Waals surface area contributed by atoms with E-state index >= 15 is 0 Å². The van der Waals surface area contributed by atoms with Crippen molar-refractivity contribution in [3.05, 3.63) is 0 Å². The molecule has 7 nitrogen and oxygen atoms in total. The monoisotopic (exact) mass is 298 g/mol. The maximum Gasteiger partial charge on any atom is 0.409 e. The van der Waals surface area contributed by atoms with Crippen LogP contribution in [0.3, 0.4) is 0 Å². The standard InChI is InChI=1S/C14H26N4O3/c1-2-20-14(19)18-7-5-11(6-8-18)17-13(15)16-10-12-4-3-9-21-12/h11-12H,2-10H2,1H3,(H3,15,16,17)/t12-/m0/s1. The summed E-state index contributed by atoms with van der Waals surface area (Å²) in [6, 6.07) is 0.268. The lowest BCUT2D eigenvalue weighted by molar-refractivity contribution is 0.0963. The van der Waals surface area contributed by atoms with Crippen LogP contribution in [0.15, 0.2) is 4.99 Å². The SMILES string of the molecule is CCOC(=O)N1CCC(NC(N)=NC[C@@H]2CCCO2)CC1. The third kappa shape index (κ3) is 5.08. The van der Waals surface area contributed by atoms with Gasteiger partial charge in [0.25, 0.3) is 0 Å². The molecular formula is C14H26N4O3. The first-order chi connectivity index (χ1) is 10.2. The van der Waals surface area contributed by atoms with Gasteiger partial charge in [0.05, 0.1) is 19.3 Å². The van der Waals surface area contributed by atoms with E-state index in [0.717, 1.165) is 32.3 Å². The minimum atomic E-state index is -0.226. The molecule has 2 fully saturated rings. The van der Waals surface area contributed by atoms with Gasteiger partial charge in [0.15, 0.2) is 5.96 Å². The normalized spacial score (nSPS) is 24.1. The van der Waals surface area contributed by atoms with Gasteiger partial charge in [-0.3, -0.25) is 4.99 Å². The number of rotatable bonds is 4. The summed E-state index contributed by atoms with van der Waals surface area (Å²) < 4.78 is 10.5. The second kappa shape index (κ2) is 8.07. The predicted octanol–water partition coefficient (Wildman–Crippen LogP) is 0.691. The van der Waals surface area contributed by atoms with E-state index in [1.807, 2.05) is 6.92 Å². The number of nitrogens with two attached hydrogens (primary N) is 1. The van der Waals surface area contributed by atoms with Crippen LogP contribution in [-0.4, -0.2) is 61.9 Å². The number of carbonyl (C=O) groups excluding carboxylic acids is 1. The molecule has 0 aliphatic carbocycles. The first kappa shape index (κ1) is 15.9. The van der Waals surface area contributed by atoms with Crippen molar-refractivity contribution in [1.82, 2.24) is 10.2 Å². The van der Waals surface area contributed by atoms with Gasteiger partial charge in [-0.15, -0.1) is 0 Å². The summed E-state index contributed by atoms with van der Waals surface area (Å²) in [5, 5.41) is 3.23. The highest BCUT2D eigenvalue weighted by Crippen LogP contribution is 2.13. The Hall–Kier alpha value is -1.50. The molecule has 21 heavy (non-hydrogen) atoms. The van der Waals surface area contributed by atoms with Gasteiger partial charge < -0.3 is 25.4 Å². The van der Waals surface area contributed by atoms with Crippen LogP contribution in [0.1, 0.15) is 32.6 Å². The van der Waals surface area contributed by atoms with Crippen molar-refractivity contribution in [2.75, 3.05) is 32.8 Å². The first-order valence-corrected chi connectivity index (χ1v) is 7.78. The molecule has 0 bridgehead atoms. The Balaban J connectivity index is 1.67. The number of nitrogens with one attached hydrogen (secondary N) is 1. The number of carbonyl (C=O) groups is 1. The molecule has 3 N–H and O–H groups in total. The maximum atomic E-state index is 11.6. The van der Waals surface area contributed by atoms with Gasteiger partial charge in [0.1, 0.15) is 0 Å². The van der Waals surface area contributed by atoms with Crippen molar-refractivity contribution in [2.24, 2.45) is 10.7 Å². The van der Waals surface area contributed by atoms with Crippen LogP contribution in [0.4, 0.5) is 4.79 Å². The Morgan fingerprint density at radius 3 is 2.81 bits per heavy atom. The highest BCUT2D eigenvalue weighted by molar-refractivity contribution is 5.78. The van der Waals surface area contributed by atoms with Crippen molar-refractivity contribution in [2.45, 2.75) is 44.8 Å². The predicted molar refractivity (Wildman–Crippen MR) is 80.2 cm³/mol. The molecule has 0 saturated carbocycles. The minimum absolute atomic E-state index is 0.219. The molecule has 2 rings (SSSR count). The van der Waals surface area contributed by atoms with Crippen LogP contribution in [-0.2, 0) is 9.47 Å². The van der Waals surface area contributed by atoms with E-state index in [0.29, 0.717) is 32.2 Å². The molecule has 0 aromatic rings. The van der Waals surface area contributed by atoms with Crippen LogP contribution in [0, 0.1) is 0 Å². The van der Waals surface area contributed by atoms with Gasteiger partial charge in [-0.2, -0.15) is 0 Å². The average molecular weight is 298 g/mol. The van der Waals surface area contributed by atoms with Gasteiger partial charge >= 0.3 is 6.09 Å². The largest absolute Gasteiger partial charge is 0.450 e. The smallest absolute Gasteiger partial charge is 0.409 e. The average Bonchev–Trinajstić information content (AvgIpc) is 2.99. The number of likely N-dealkylation sites (tertiary alicyclic amines) is 1. The molecule has 2 aliphatic rings. The van der Waals surface area contributed by atoms with Crippen molar-refractivity contribution < 1.29 is 14.3 Å². The molecule has 0 aromatic carbocycles. The molecule has 1 atom stereocenters. The second-order valence-electron chi connectivity index (χ2n) is 5.47. The molecule has 0 spiro atoms. The third-order valence-electron chi connectivity index (χ3n) is 3.86. The zero-order valence-corrected chi connectivity index (χ0v) is 12.7. The molecule has 7 heteroatoms. The third-order valence-corrected chi connectivity index (χ3v) is 3.86. The van der Waals surface area contributed by atoms with Crippen LogP contribution >= 0.6 is 0 Å². The van der Waals surface area contributed by atoms with Crippen LogP contribution in [0.5, 0.6) is 0 Å². The quantitative estimate of drug-likeness (QED) is 0.589. The lowest BCUT2D eigenvalue weighted by Gasteiger charge is -2.31. The summed E-state index contributed by atoms with van der Waals surface area (Å²) in [6.45, 7) is 5.07. The van der Waals surface area contributed by atoms with Crippen LogP contribution < -0.4 is 11.1 Å². The van der Waals surface area contributed by atoms with E-state index in [4.69, 9.17) is 15.2 Å². The fraction of sp³-hybridized carbons (Fsp3) is 0.857. The van der Waals surface area contributed by atoms with E-state index in [9.17, 15) is 4.79 Å². The number of nitrogens with zero attached hydrogens (tertiary/aromatic N) is 2. The van der Waals surface area contributed by atoms with E-state index in [1.54, 1.807) is 4.90 Å². The maximum absolute atomic E-state index is 11.6. The van der Waals surface area contributed by atoms with Gasteiger partial charge in [-0.1, -0.05) is 0 Å². The Morgan fingerprint density at radius 2 is 2.19 bits per heavy atom. The molecule has 1 amide bonds. The second-order valence-corrected chi connectivity index (χ2v) is 5.47. The molecule has 120 valence electrons. The number of hydrogen-bond donors (Lipinski definition) is 2. The lowest BCUT2D eigenvalue weighted by atomic mass is 10.1. The van der Waals surface area contributed by atoms with E-state index in [1.165, 1.54) is 0 Å². The summed E-state index contributed by atoms with van der Waals surface area (Å²) in [4.78, 5) is 17.7. The van der Waals surface area contributed by atoms with E-state index < -0.39 is 0 Å². The number of ether oxygens (including phenoxy) is 2. The summed E-state index contributed by atoms with van der Waals surface area (Å²) in [6.07, 6.45) is 3.88. The molecule has 2 saturated heterocycles. The number of aliphatic imine (C=N–C) groups is 1. The van der Waals surface area contributed by atoms with E-state index in [2.05, 4.69) is 10.3 Å². The number of piperidine rings is 1. The Kier molecular flexibility index (Phi) is 6.10. The molecule has 2 aliphatic heterocycles. The number of guanidine groups is 1. The zero-order chi connectivity index (χ0) is 15.1. The Labute approximate surface area is 125 Å². The number of amides is 1. The van der Waals surface area contributed by atoms with Crippen molar-refractivity contribution >= 4 is 12.1 Å². The van der Waals surface area contributed by atoms with Gasteiger partial charge in [-0.25, -0.2) is 4.79 Å². The van der Waals surface area contributed by atoms with Crippen LogP contribution in [0.25, 0.3) is 0 Å². The van der Waals surface area contributed by atoms with E-state index in [-0.39, 0.29) is 18.2 Å². The van der Waals surface area contributed by atoms with Crippen molar-refractivity contribution in [1.29, 1.82) is 0 Å². The minimum Gasteiger partial charge on any atom is -0.450 e. The van der Waals surface area contributed by atoms with Crippen LogP contribution in [0.2, 0.25) is 0 Å². The summed E-state index contributed by atoms with van der Waals surface area (Å²) in [5.41, 5.74) is 5.90. The van der Waals surface area contributed by atoms with Gasteiger partial charge in [-0.05, 0) is 32.6 Å². The highest BCUT2D eigenvalue weighted by atomic mass is 16.6. The fourth-order valence-electron chi connectivity index (χ4n) is 2.66.